The Bertz CT molecular complexity index is 947. The average Bonchev–Trinajstić information content (AvgIpc) is 2.88. The fourth-order valence-corrected chi connectivity index (χ4v) is 2.96. The second-order valence-corrected chi connectivity index (χ2v) is 6.36. The number of aromatic nitrogens is 1. The van der Waals surface area contributed by atoms with Crippen LogP contribution in [0.25, 0.3) is 5.69 Å². The lowest BCUT2D eigenvalue weighted by Crippen LogP contribution is -1.99. The standard InChI is InChI=1S/C22H22N2O/c1-15-8-10-22(11-9-15)24-16(2)12-20(17(24)3)14-23-21-7-5-6-19(13-21)18(4)25/h5-14H,1-4H3. The summed E-state index contributed by atoms with van der Waals surface area (Å²) in [5, 5.41) is 0. The van der Waals surface area contributed by atoms with Crippen LogP contribution in [0.1, 0.15) is 39.8 Å². The third-order valence-corrected chi connectivity index (χ3v) is 4.37. The Kier molecular flexibility index (Phi) is 4.66. The molecule has 0 aliphatic heterocycles. The van der Waals surface area contributed by atoms with Gasteiger partial charge in [0, 0.05) is 34.4 Å². The number of hydrogen-bond acceptors (Lipinski definition) is 2. The van der Waals surface area contributed by atoms with Crippen LogP contribution in [0.2, 0.25) is 0 Å². The van der Waals surface area contributed by atoms with E-state index in [1.54, 1.807) is 6.92 Å². The SMILES string of the molecule is CC(=O)c1cccc(N=Cc2cc(C)n(-c3ccc(C)cc3)c2C)c1. The zero-order valence-corrected chi connectivity index (χ0v) is 15.1. The Morgan fingerprint density at radius 2 is 1.72 bits per heavy atom. The summed E-state index contributed by atoms with van der Waals surface area (Å²) in [7, 11) is 0. The van der Waals surface area contributed by atoms with Gasteiger partial charge >= 0.3 is 0 Å². The first-order chi connectivity index (χ1) is 12.0. The quantitative estimate of drug-likeness (QED) is 0.468. The molecule has 0 bridgehead atoms. The Morgan fingerprint density at radius 3 is 2.40 bits per heavy atom. The Labute approximate surface area is 148 Å². The highest BCUT2D eigenvalue weighted by molar-refractivity contribution is 5.95. The van der Waals surface area contributed by atoms with Gasteiger partial charge in [-0.1, -0.05) is 29.8 Å². The van der Waals surface area contributed by atoms with Gasteiger partial charge < -0.3 is 4.57 Å². The first-order valence-corrected chi connectivity index (χ1v) is 8.37. The van der Waals surface area contributed by atoms with Gasteiger partial charge in [-0.05, 0) is 58.0 Å². The molecule has 3 rings (SSSR count). The number of carbonyl (C=O) groups is 1. The van der Waals surface area contributed by atoms with Crippen molar-refractivity contribution >= 4 is 17.7 Å². The normalized spacial score (nSPS) is 11.2. The molecule has 25 heavy (non-hydrogen) atoms. The molecule has 3 nitrogen and oxygen atoms in total. The smallest absolute Gasteiger partial charge is 0.159 e. The molecule has 1 heterocycles. The van der Waals surface area contributed by atoms with Gasteiger partial charge in [0.05, 0.1) is 5.69 Å². The summed E-state index contributed by atoms with van der Waals surface area (Å²) in [6.07, 6.45) is 1.87. The third-order valence-electron chi connectivity index (χ3n) is 4.37. The molecule has 0 atom stereocenters. The minimum Gasteiger partial charge on any atom is -0.318 e. The first-order valence-electron chi connectivity index (χ1n) is 8.37. The van der Waals surface area contributed by atoms with E-state index in [0.717, 1.165) is 22.6 Å². The number of nitrogens with zero attached hydrogens (tertiary/aromatic N) is 2. The molecular formula is C22H22N2O. The van der Waals surface area contributed by atoms with Crippen LogP contribution in [0.3, 0.4) is 0 Å². The Balaban J connectivity index is 1.94. The van der Waals surface area contributed by atoms with Gasteiger partial charge in [-0.3, -0.25) is 9.79 Å². The summed E-state index contributed by atoms with van der Waals surface area (Å²) in [6, 6.07) is 18.0. The Hall–Kier alpha value is -2.94. The summed E-state index contributed by atoms with van der Waals surface area (Å²) >= 11 is 0. The molecule has 2 aromatic carbocycles. The van der Waals surface area contributed by atoms with Gasteiger partial charge in [0.15, 0.2) is 5.78 Å². The van der Waals surface area contributed by atoms with Crippen molar-refractivity contribution in [1.82, 2.24) is 4.57 Å². The molecule has 0 radical (unpaired) electrons. The van der Waals surface area contributed by atoms with E-state index >= 15 is 0 Å². The van der Waals surface area contributed by atoms with Gasteiger partial charge in [-0.15, -0.1) is 0 Å². The van der Waals surface area contributed by atoms with Crippen molar-refractivity contribution in [3.05, 3.63) is 82.7 Å². The number of ketones is 1. The lowest BCUT2D eigenvalue weighted by atomic mass is 10.1. The second kappa shape index (κ2) is 6.89. The van der Waals surface area contributed by atoms with Gasteiger partial charge in [0.2, 0.25) is 0 Å². The van der Waals surface area contributed by atoms with Crippen molar-refractivity contribution in [2.75, 3.05) is 0 Å². The molecular weight excluding hydrogens is 308 g/mol. The van der Waals surface area contributed by atoms with E-state index in [1.807, 2.05) is 30.5 Å². The number of aryl methyl sites for hydroxylation is 2. The fraction of sp³-hybridized carbons (Fsp3) is 0.182. The number of Topliss-reactive ketones (excluding diaryl/α,β-unsaturated/α-hetero) is 1. The maximum absolute atomic E-state index is 11.5. The van der Waals surface area contributed by atoms with Gasteiger partial charge in [-0.25, -0.2) is 0 Å². The highest BCUT2D eigenvalue weighted by Gasteiger charge is 2.09. The highest BCUT2D eigenvalue weighted by atomic mass is 16.1. The molecule has 0 unspecified atom stereocenters. The first kappa shape index (κ1) is 16.9. The third kappa shape index (κ3) is 3.61. The summed E-state index contributed by atoms with van der Waals surface area (Å²) < 4.78 is 2.23. The van der Waals surface area contributed by atoms with Crippen molar-refractivity contribution in [1.29, 1.82) is 0 Å². The van der Waals surface area contributed by atoms with E-state index in [0.29, 0.717) is 5.56 Å². The zero-order valence-electron chi connectivity index (χ0n) is 15.1. The predicted molar refractivity (Wildman–Crippen MR) is 104 cm³/mol. The van der Waals surface area contributed by atoms with Crippen LogP contribution in [0.4, 0.5) is 5.69 Å². The Morgan fingerprint density at radius 1 is 1.00 bits per heavy atom. The molecule has 126 valence electrons. The van der Waals surface area contributed by atoms with Crippen molar-refractivity contribution in [2.45, 2.75) is 27.7 Å². The molecule has 0 saturated carbocycles. The molecule has 0 spiro atoms. The summed E-state index contributed by atoms with van der Waals surface area (Å²) in [4.78, 5) is 16.1. The molecule has 0 aliphatic carbocycles. The summed E-state index contributed by atoms with van der Waals surface area (Å²) in [5.41, 5.74) is 7.25. The van der Waals surface area contributed by atoms with E-state index < -0.39 is 0 Å². The number of rotatable bonds is 4. The molecule has 0 fully saturated rings. The fourth-order valence-electron chi connectivity index (χ4n) is 2.96. The number of carbonyl (C=O) groups excluding carboxylic acids is 1. The van der Waals surface area contributed by atoms with Gasteiger partial charge in [-0.2, -0.15) is 0 Å². The molecule has 1 aromatic heterocycles. The number of aliphatic imine (C=N–C) groups is 1. The molecule has 0 saturated heterocycles. The van der Waals surface area contributed by atoms with Crippen molar-refractivity contribution in [2.24, 2.45) is 4.99 Å². The van der Waals surface area contributed by atoms with Crippen LogP contribution in [0, 0.1) is 20.8 Å². The van der Waals surface area contributed by atoms with E-state index in [2.05, 4.69) is 60.7 Å². The average molecular weight is 330 g/mol. The molecule has 3 heteroatoms. The van der Waals surface area contributed by atoms with Crippen molar-refractivity contribution < 1.29 is 4.79 Å². The minimum atomic E-state index is 0.0506. The van der Waals surface area contributed by atoms with E-state index in [-0.39, 0.29) is 5.78 Å². The van der Waals surface area contributed by atoms with Crippen molar-refractivity contribution in [3.8, 4) is 5.69 Å². The van der Waals surface area contributed by atoms with Crippen LogP contribution in [-0.4, -0.2) is 16.6 Å². The van der Waals surface area contributed by atoms with E-state index in [1.165, 1.54) is 11.3 Å². The molecule has 0 aliphatic rings. The van der Waals surface area contributed by atoms with Crippen LogP contribution >= 0.6 is 0 Å². The van der Waals surface area contributed by atoms with E-state index in [4.69, 9.17) is 0 Å². The topological polar surface area (TPSA) is 34.4 Å². The van der Waals surface area contributed by atoms with Crippen LogP contribution in [-0.2, 0) is 0 Å². The number of benzene rings is 2. The molecule has 0 amide bonds. The van der Waals surface area contributed by atoms with E-state index in [9.17, 15) is 4.79 Å². The summed E-state index contributed by atoms with van der Waals surface area (Å²) in [5.74, 6) is 0.0506. The van der Waals surface area contributed by atoms with Crippen LogP contribution in [0.15, 0.2) is 59.6 Å². The number of hydrogen-bond donors (Lipinski definition) is 0. The maximum atomic E-state index is 11.5. The zero-order chi connectivity index (χ0) is 18.0. The van der Waals surface area contributed by atoms with Crippen LogP contribution in [0.5, 0.6) is 0 Å². The lowest BCUT2D eigenvalue weighted by Gasteiger charge is -2.09. The largest absolute Gasteiger partial charge is 0.318 e. The van der Waals surface area contributed by atoms with Crippen molar-refractivity contribution in [3.63, 3.8) is 0 Å². The minimum absolute atomic E-state index is 0.0506. The molecule has 3 aromatic rings. The maximum Gasteiger partial charge on any atom is 0.159 e. The van der Waals surface area contributed by atoms with Gasteiger partial charge in [0.25, 0.3) is 0 Å². The monoisotopic (exact) mass is 330 g/mol. The summed E-state index contributed by atoms with van der Waals surface area (Å²) in [6.45, 7) is 7.85. The molecule has 0 N–H and O–H groups in total. The second-order valence-electron chi connectivity index (χ2n) is 6.36. The highest BCUT2D eigenvalue weighted by Crippen LogP contribution is 2.21. The predicted octanol–water partition coefficient (Wildman–Crippen LogP) is 5.36. The lowest BCUT2D eigenvalue weighted by molar-refractivity contribution is 0.101. The van der Waals surface area contributed by atoms with Gasteiger partial charge in [0.1, 0.15) is 0 Å². The van der Waals surface area contributed by atoms with Crippen LogP contribution < -0.4 is 0 Å².